The van der Waals surface area contributed by atoms with Gasteiger partial charge in [0.1, 0.15) is 0 Å². The highest BCUT2D eigenvalue weighted by molar-refractivity contribution is 6.34. The van der Waals surface area contributed by atoms with E-state index in [9.17, 15) is 19.2 Å². The third-order valence-electron chi connectivity index (χ3n) is 5.26. The molecule has 2 aliphatic rings. The first-order valence-corrected chi connectivity index (χ1v) is 9.51. The number of ether oxygens (including phenoxy) is 1. The van der Waals surface area contributed by atoms with Crippen molar-refractivity contribution < 1.29 is 23.9 Å². The minimum atomic E-state index is -0.699. The molecular weight excluding hydrogens is 372 g/mol. The van der Waals surface area contributed by atoms with Crippen LogP contribution in [0.5, 0.6) is 0 Å². The van der Waals surface area contributed by atoms with Gasteiger partial charge in [-0.1, -0.05) is 18.2 Å². The van der Waals surface area contributed by atoms with Crippen LogP contribution in [0.3, 0.4) is 0 Å². The summed E-state index contributed by atoms with van der Waals surface area (Å²) in [5.41, 5.74) is 1.83. The van der Waals surface area contributed by atoms with Crippen molar-refractivity contribution in [2.75, 3.05) is 24.6 Å². The minimum absolute atomic E-state index is 0.130. The number of anilines is 1. The first-order valence-electron chi connectivity index (χ1n) is 9.51. The van der Waals surface area contributed by atoms with Crippen LogP contribution in [-0.2, 0) is 9.53 Å². The van der Waals surface area contributed by atoms with Crippen LogP contribution in [0.1, 0.15) is 49.5 Å². The first-order chi connectivity index (χ1) is 14.0. The lowest BCUT2D eigenvalue weighted by molar-refractivity contribution is -0.133. The number of rotatable bonds is 4. The van der Waals surface area contributed by atoms with Crippen molar-refractivity contribution >= 4 is 29.4 Å². The summed E-state index contributed by atoms with van der Waals surface area (Å²) in [5.74, 6) is -1.84. The van der Waals surface area contributed by atoms with Crippen molar-refractivity contribution in [1.82, 2.24) is 4.90 Å². The number of carbonyl (C=O) groups is 4. The maximum absolute atomic E-state index is 12.9. The third kappa shape index (κ3) is 3.40. The molecule has 0 atom stereocenters. The lowest BCUT2D eigenvalue weighted by Gasteiger charge is -2.16. The molecule has 0 radical (unpaired) electrons. The molecule has 2 aromatic rings. The van der Waals surface area contributed by atoms with Gasteiger partial charge in [0.05, 0.1) is 22.4 Å². The Bertz CT molecular complexity index is 1020. The van der Waals surface area contributed by atoms with E-state index < -0.39 is 17.8 Å². The second-order valence-electron chi connectivity index (χ2n) is 7.16. The molecule has 2 heterocycles. The molecule has 1 fully saturated rings. The largest absolute Gasteiger partial charge is 0.452 e. The number of benzene rings is 2. The molecule has 0 aromatic heterocycles. The van der Waals surface area contributed by atoms with Gasteiger partial charge in [0.15, 0.2) is 6.61 Å². The average molecular weight is 392 g/mol. The van der Waals surface area contributed by atoms with Gasteiger partial charge in [-0.2, -0.15) is 0 Å². The Labute approximate surface area is 167 Å². The standard InChI is InChI=1S/C22H20N2O5/c1-14-6-2-3-7-18(14)24-20(26)16-9-8-15(12-17(16)21(24)27)22(28)29-13-19(25)23-10-4-5-11-23/h2-3,6-9,12H,4-5,10-11,13H2,1H3. The number of amides is 3. The van der Waals surface area contributed by atoms with Crippen LogP contribution in [0.4, 0.5) is 5.69 Å². The number of fused-ring (bicyclic) bond motifs is 1. The zero-order chi connectivity index (χ0) is 20.5. The van der Waals surface area contributed by atoms with Gasteiger partial charge in [0.2, 0.25) is 0 Å². The maximum Gasteiger partial charge on any atom is 0.338 e. The summed E-state index contributed by atoms with van der Waals surface area (Å²) < 4.78 is 5.11. The van der Waals surface area contributed by atoms with Crippen LogP contribution in [0, 0.1) is 6.92 Å². The van der Waals surface area contributed by atoms with E-state index in [-0.39, 0.29) is 29.2 Å². The van der Waals surface area contributed by atoms with Gasteiger partial charge in [0, 0.05) is 13.1 Å². The van der Waals surface area contributed by atoms with Gasteiger partial charge in [-0.05, 0) is 49.6 Å². The van der Waals surface area contributed by atoms with Crippen molar-refractivity contribution in [3.05, 3.63) is 64.7 Å². The fourth-order valence-electron chi connectivity index (χ4n) is 3.67. The number of imide groups is 1. The van der Waals surface area contributed by atoms with Gasteiger partial charge in [-0.3, -0.25) is 14.4 Å². The number of para-hydroxylation sites is 1. The molecule has 4 rings (SSSR count). The lowest BCUT2D eigenvalue weighted by atomic mass is 10.1. The number of likely N-dealkylation sites (tertiary alicyclic amines) is 1. The molecule has 29 heavy (non-hydrogen) atoms. The molecule has 0 spiro atoms. The molecule has 2 aliphatic heterocycles. The number of nitrogens with zero attached hydrogens (tertiary/aromatic N) is 2. The van der Waals surface area contributed by atoms with Crippen LogP contribution in [0.25, 0.3) is 0 Å². The Morgan fingerprint density at radius 3 is 2.38 bits per heavy atom. The Morgan fingerprint density at radius 2 is 1.66 bits per heavy atom. The van der Waals surface area contributed by atoms with E-state index in [4.69, 9.17) is 4.74 Å². The molecule has 0 unspecified atom stereocenters. The van der Waals surface area contributed by atoms with Crippen molar-refractivity contribution in [3.63, 3.8) is 0 Å². The Balaban J connectivity index is 1.52. The van der Waals surface area contributed by atoms with Gasteiger partial charge in [-0.25, -0.2) is 9.69 Å². The Hall–Kier alpha value is -3.48. The molecule has 0 bridgehead atoms. The Kier molecular flexibility index (Phi) is 4.88. The van der Waals surface area contributed by atoms with Crippen molar-refractivity contribution in [2.45, 2.75) is 19.8 Å². The number of aryl methyl sites for hydroxylation is 1. The van der Waals surface area contributed by atoms with Crippen LogP contribution in [0.2, 0.25) is 0 Å². The van der Waals surface area contributed by atoms with Crippen molar-refractivity contribution in [3.8, 4) is 0 Å². The van der Waals surface area contributed by atoms with Crippen molar-refractivity contribution in [1.29, 1.82) is 0 Å². The lowest BCUT2D eigenvalue weighted by Crippen LogP contribution is -2.32. The van der Waals surface area contributed by atoms with E-state index in [0.29, 0.717) is 18.8 Å². The fourth-order valence-corrected chi connectivity index (χ4v) is 3.67. The average Bonchev–Trinajstić information content (AvgIpc) is 3.34. The molecule has 3 amide bonds. The van der Waals surface area contributed by atoms with Gasteiger partial charge >= 0.3 is 5.97 Å². The molecule has 0 N–H and O–H groups in total. The molecule has 0 saturated carbocycles. The number of esters is 1. The molecule has 7 heteroatoms. The number of carbonyl (C=O) groups excluding carboxylic acids is 4. The van der Waals surface area contributed by atoms with Gasteiger partial charge < -0.3 is 9.64 Å². The monoisotopic (exact) mass is 392 g/mol. The van der Waals surface area contributed by atoms with E-state index in [2.05, 4.69) is 0 Å². The van der Waals surface area contributed by atoms with Crippen LogP contribution >= 0.6 is 0 Å². The number of hydrogen-bond donors (Lipinski definition) is 0. The highest BCUT2D eigenvalue weighted by Crippen LogP contribution is 2.31. The summed E-state index contributed by atoms with van der Waals surface area (Å²) in [6.45, 7) is 2.85. The zero-order valence-electron chi connectivity index (χ0n) is 16.0. The fraction of sp³-hybridized carbons (Fsp3) is 0.273. The zero-order valence-corrected chi connectivity index (χ0v) is 16.0. The summed E-state index contributed by atoms with van der Waals surface area (Å²) in [6, 6.07) is 11.4. The summed E-state index contributed by atoms with van der Waals surface area (Å²) in [4.78, 5) is 52.8. The predicted octanol–water partition coefficient (Wildman–Crippen LogP) is 2.57. The van der Waals surface area contributed by atoms with E-state index in [1.807, 2.05) is 19.1 Å². The molecule has 0 aliphatic carbocycles. The first kappa shape index (κ1) is 18.9. The second-order valence-corrected chi connectivity index (χ2v) is 7.16. The minimum Gasteiger partial charge on any atom is -0.452 e. The topological polar surface area (TPSA) is 84.0 Å². The highest BCUT2D eigenvalue weighted by Gasteiger charge is 2.37. The van der Waals surface area contributed by atoms with Crippen LogP contribution in [-0.4, -0.2) is 48.3 Å². The second kappa shape index (κ2) is 7.50. The van der Waals surface area contributed by atoms with E-state index in [1.54, 1.807) is 17.0 Å². The van der Waals surface area contributed by atoms with E-state index in [0.717, 1.165) is 23.3 Å². The SMILES string of the molecule is Cc1ccccc1N1C(=O)c2ccc(C(=O)OCC(=O)N3CCCC3)cc2C1=O. The predicted molar refractivity (Wildman–Crippen MR) is 105 cm³/mol. The molecular formula is C22H20N2O5. The summed E-state index contributed by atoms with van der Waals surface area (Å²) in [6.07, 6.45) is 1.91. The van der Waals surface area contributed by atoms with Gasteiger partial charge in [0.25, 0.3) is 17.7 Å². The van der Waals surface area contributed by atoms with E-state index >= 15 is 0 Å². The van der Waals surface area contributed by atoms with Crippen LogP contribution in [0.15, 0.2) is 42.5 Å². The summed E-state index contributed by atoms with van der Waals surface area (Å²) in [5, 5.41) is 0. The molecule has 2 aromatic carbocycles. The highest BCUT2D eigenvalue weighted by atomic mass is 16.5. The van der Waals surface area contributed by atoms with E-state index in [1.165, 1.54) is 18.2 Å². The molecule has 7 nitrogen and oxygen atoms in total. The quantitative estimate of drug-likeness (QED) is 0.590. The molecule has 1 saturated heterocycles. The Morgan fingerprint density at radius 1 is 0.966 bits per heavy atom. The smallest absolute Gasteiger partial charge is 0.338 e. The third-order valence-corrected chi connectivity index (χ3v) is 5.26. The maximum atomic E-state index is 12.9. The van der Waals surface area contributed by atoms with Crippen molar-refractivity contribution in [2.24, 2.45) is 0 Å². The van der Waals surface area contributed by atoms with Crippen LogP contribution < -0.4 is 4.90 Å². The molecule has 148 valence electrons. The number of hydrogen-bond acceptors (Lipinski definition) is 5. The normalized spacial score (nSPS) is 15.6. The van der Waals surface area contributed by atoms with Gasteiger partial charge in [-0.15, -0.1) is 0 Å². The summed E-state index contributed by atoms with van der Waals surface area (Å²) >= 11 is 0. The summed E-state index contributed by atoms with van der Waals surface area (Å²) in [7, 11) is 0.